The van der Waals surface area contributed by atoms with Gasteiger partial charge in [0.2, 0.25) is 0 Å². The number of allylic oxidation sites excluding steroid dienone is 2. The highest BCUT2D eigenvalue weighted by molar-refractivity contribution is 6.19. The molecule has 0 bridgehead atoms. The molecule has 1 aromatic rings. The van der Waals surface area contributed by atoms with E-state index in [1.807, 2.05) is 0 Å². The molecule has 3 heterocycles. The van der Waals surface area contributed by atoms with Gasteiger partial charge in [-0.1, -0.05) is 19.1 Å². The second kappa shape index (κ2) is 14.4. The van der Waals surface area contributed by atoms with E-state index in [-0.39, 0.29) is 54.4 Å². The highest BCUT2D eigenvalue weighted by Crippen LogP contribution is 2.52. The van der Waals surface area contributed by atoms with Crippen molar-refractivity contribution < 1.29 is 73.8 Å². The number of benzene rings is 1. The van der Waals surface area contributed by atoms with E-state index in [4.69, 9.17) is 28.4 Å². The molecule has 3 aliphatic carbocycles. The van der Waals surface area contributed by atoms with Crippen molar-refractivity contribution in [3.63, 3.8) is 0 Å². The average molecular weight is 733 g/mol. The summed E-state index contributed by atoms with van der Waals surface area (Å²) in [6.07, 6.45) is -7.97. The van der Waals surface area contributed by atoms with Gasteiger partial charge >= 0.3 is 0 Å². The lowest BCUT2D eigenvalue weighted by molar-refractivity contribution is -0.336. The van der Waals surface area contributed by atoms with Crippen molar-refractivity contribution in [3.8, 4) is 5.75 Å². The van der Waals surface area contributed by atoms with E-state index >= 15 is 0 Å². The van der Waals surface area contributed by atoms with Crippen LogP contribution in [0.1, 0.15) is 92.9 Å². The molecule has 52 heavy (non-hydrogen) atoms. The maximum atomic E-state index is 13.7. The Morgan fingerprint density at radius 1 is 0.808 bits per heavy atom. The molecule has 1 saturated carbocycles. The van der Waals surface area contributed by atoms with Crippen molar-refractivity contribution >= 4 is 11.6 Å². The smallest absolute Gasteiger partial charge is 0.179 e. The summed E-state index contributed by atoms with van der Waals surface area (Å²) >= 11 is 0. The topological polar surface area (TPSA) is 231 Å². The first-order valence-electron chi connectivity index (χ1n) is 18.1. The first kappa shape index (κ1) is 37.4. The molecule has 4 fully saturated rings. The van der Waals surface area contributed by atoms with Gasteiger partial charge in [-0.15, -0.1) is 0 Å². The molecule has 0 spiro atoms. The zero-order valence-corrected chi connectivity index (χ0v) is 29.3. The van der Waals surface area contributed by atoms with Crippen LogP contribution in [0.4, 0.5) is 0 Å². The number of ketones is 2. The fraction of sp³-hybridized carbons (Fsp3) is 0.676. The van der Waals surface area contributed by atoms with E-state index in [1.165, 1.54) is 18.2 Å². The summed E-state index contributed by atoms with van der Waals surface area (Å²) in [5.74, 6) is -5.68. The van der Waals surface area contributed by atoms with Gasteiger partial charge in [-0.2, -0.15) is 0 Å². The quantitative estimate of drug-likeness (QED) is 0.214. The van der Waals surface area contributed by atoms with Crippen molar-refractivity contribution in [2.75, 3.05) is 0 Å². The Labute approximate surface area is 300 Å². The van der Waals surface area contributed by atoms with Crippen molar-refractivity contribution in [3.05, 3.63) is 52.0 Å². The summed E-state index contributed by atoms with van der Waals surface area (Å²) in [5, 5.41) is 77.3. The van der Waals surface area contributed by atoms with E-state index in [0.717, 1.165) is 6.42 Å². The summed E-state index contributed by atoms with van der Waals surface area (Å²) in [6.45, 7) is 5.14. The van der Waals surface area contributed by atoms with Gasteiger partial charge in [0.05, 0.1) is 53.5 Å². The third-order valence-corrected chi connectivity index (χ3v) is 11.4. The monoisotopic (exact) mass is 732 g/mol. The Morgan fingerprint density at radius 2 is 1.42 bits per heavy atom. The summed E-state index contributed by atoms with van der Waals surface area (Å²) in [4.78, 5) is 27.3. The van der Waals surface area contributed by atoms with Crippen molar-refractivity contribution in [1.82, 2.24) is 0 Å². The van der Waals surface area contributed by atoms with Gasteiger partial charge in [0.15, 0.2) is 36.7 Å². The van der Waals surface area contributed by atoms with E-state index < -0.39 is 114 Å². The van der Waals surface area contributed by atoms with Gasteiger partial charge < -0.3 is 64.2 Å². The van der Waals surface area contributed by atoms with Gasteiger partial charge in [-0.25, -0.2) is 0 Å². The molecule has 13 unspecified atom stereocenters. The van der Waals surface area contributed by atoms with Crippen molar-refractivity contribution in [1.29, 1.82) is 0 Å². The third-order valence-electron chi connectivity index (χ3n) is 11.4. The number of carbonyl (C=O) groups is 2. The normalized spacial score (nSPS) is 42.5. The van der Waals surface area contributed by atoms with Crippen LogP contribution < -0.4 is 0 Å². The first-order chi connectivity index (χ1) is 24.7. The fourth-order valence-electron chi connectivity index (χ4n) is 8.64. The van der Waals surface area contributed by atoms with Crippen LogP contribution in [0, 0.1) is 11.8 Å². The predicted octanol–water partition coefficient (Wildman–Crippen LogP) is 2.57. The van der Waals surface area contributed by atoms with Gasteiger partial charge in [0.1, 0.15) is 29.5 Å². The number of aliphatic hydroxyl groups excluding tert-OH is 5. The minimum Gasteiger partial charge on any atom is -0.511 e. The van der Waals surface area contributed by atoms with Crippen LogP contribution in [0.25, 0.3) is 0 Å². The van der Waals surface area contributed by atoms with Crippen LogP contribution in [-0.2, 0) is 28.4 Å². The number of ether oxygens (including phenoxy) is 6. The SMILES string of the molecule is CC[C@]1(O)CC2=C(O)C3C(=O)c4cccc(O)c4C(=O)C3C(O)=C2C(OC2CC(O)C(OC3CC(O)C(OC4CCCC(O)O4)C(C)O3)C(C)O2)C1. The van der Waals surface area contributed by atoms with Crippen LogP contribution in [0.15, 0.2) is 40.9 Å². The fourth-order valence-corrected chi connectivity index (χ4v) is 8.64. The zero-order chi connectivity index (χ0) is 37.2. The molecule has 6 aliphatic rings. The Balaban J connectivity index is 1.06. The van der Waals surface area contributed by atoms with Gasteiger partial charge in [-0.3, -0.25) is 9.59 Å². The Morgan fingerprint density at radius 3 is 2.04 bits per heavy atom. The Kier molecular flexibility index (Phi) is 10.3. The summed E-state index contributed by atoms with van der Waals surface area (Å²) in [5.41, 5.74) is -1.55. The van der Waals surface area contributed by atoms with Crippen molar-refractivity contribution in [2.45, 2.75) is 146 Å². The molecular weight excluding hydrogens is 684 g/mol. The molecule has 15 nitrogen and oxygen atoms in total. The van der Waals surface area contributed by atoms with E-state index in [0.29, 0.717) is 12.8 Å². The zero-order valence-electron chi connectivity index (χ0n) is 29.3. The number of aromatic hydroxyl groups is 1. The minimum absolute atomic E-state index is 0.0372. The minimum atomic E-state index is -1.51. The van der Waals surface area contributed by atoms with Gasteiger partial charge in [0, 0.05) is 42.4 Å². The first-order valence-corrected chi connectivity index (χ1v) is 18.1. The molecular formula is C37H48O15. The maximum Gasteiger partial charge on any atom is 0.179 e. The molecule has 15 heteroatoms. The summed E-state index contributed by atoms with van der Waals surface area (Å²) in [6, 6.07) is 4.07. The van der Waals surface area contributed by atoms with Crippen LogP contribution in [0.3, 0.4) is 0 Å². The van der Waals surface area contributed by atoms with Crippen LogP contribution in [-0.4, -0.2) is 121 Å². The lowest BCUT2D eigenvalue weighted by Gasteiger charge is -2.47. The molecule has 0 radical (unpaired) electrons. The van der Waals surface area contributed by atoms with Crippen molar-refractivity contribution in [2.24, 2.45) is 11.8 Å². The number of aliphatic hydroxyl groups is 6. The highest BCUT2D eigenvalue weighted by Gasteiger charge is 2.55. The number of phenolic OH excluding ortho intramolecular Hbond substituents is 1. The maximum absolute atomic E-state index is 13.7. The standard InChI is InChI=1S/C37H48O15/c1-4-37(46)13-18-28(34(45)30-29(32(18)43)31(42)17-7-5-8-19(38)27(17)33(30)44)22(14-37)49-25-11-20(39)36(16(3)47-25)52-26-12-21(40)35(15(2)48-26)51-24-10-6-9-23(41)50-24/h5,7-8,15-16,20-26,29-30,35-36,38-41,43,45-46H,4,6,9-14H2,1-3H3/t15?,16?,20?,21?,22?,23?,24?,25?,26?,29?,30?,35?,36?,37-/m0/s1. The molecule has 3 saturated heterocycles. The molecule has 14 atom stereocenters. The lowest BCUT2D eigenvalue weighted by atomic mass is 9.63. The molecule has 286 valence electrons. The van der Waals surface area contributed by atoms with Crippen LogP contribution >= 0.6 is 0 Å². The second-order valence-corrected chi connectivity index (χ2v) is 14.9. The molecule has 0 aromatic heterocycles. The molecule has 7 N–H and O–H groups in total. The third kappa shape index (κ3) is 6.69. The number of Topliss-reactive ketones (excluding diaryl/α,β-unsaturated/α-hetero) is 2. The number of fused-ring (bicyclic) bond motifs is 3. The van der Waals surface area contributed by atoms with Crippen LogP contribution in [0.2, 0.25) is 0 Å². The van der Waals surface area contributed by atoms with E-state index in [9.17, 15) is 45.3 Å². The Hall–Kier alpha value is -2.96. The summed E-state index contributed by atoms with van der Waals surface area (Å²) < 4.78 is 36.0. The molecule has 7 rings (SSSR count). The highest BCUT2D eigenvalue weighted by atomic mass is 16.8. The number of hydrogen-bond acceptors (Lipinski definition) is 15. The molecule has 0 amide bonds. The average Bonchev–Trinajstić information content (AvgIpc) is 3.08. The van der Waals surface area contributed by atoms with E-state index in [1.54, 1.807) is 20.8 Å². The summed E-state index contributed by atoms with van der Waals surface area (Å²) in [7, 11) is 0. The Bertz CT molecular complexity index is 1600. The lowest BCUT2D eigenvalue weighted by Crippen LogP contribution is -2.56. The van der Waals surface area contributed by atoms with Gasteiger partial charge in [0.25, 0.3) is 0 Å². The number of hydrogen-bond donors (Lipinski definition) is 7. The van der Waals surface area contributed by atoms with E-state index in [2.05, 4.69) is 0 Å². The number of rotatable bonds is 7. The van der Waals surface area contributed by atoms with Gasteiger partial charge in [-0.05, 0) is 45.6 Å². The van der Waals surface area contributed by atoms with Crippen LogP contribution in [0.5, 0.6) is 5.75 Å². The predicted molar refractivity (Wildman–Crippen MR) is 177 cm³/mol. The molecule has 3 aliphatic heterocycles. The number of carbonyl (C=O) groups excluding carboxylic acids is 2. The number of phenols is 1. The second-order valence-electron chi connectivity index (χ2n) is 14.9. The largest absolute Gasteiger partial charge is 0.511 e. The molecule has 1 aromatic carbocycles.